The van der Waals surface area contributed by atoms with E-state index < -0.39 is 0 Å². The monoisotopic (exact) mass is 273 g/mol. The van der Waals surface area contributed by atoms with Gasteiger partial charge in [-0.25, -0.2) is 15.0 Å². The molecule has 84 valence electrons. The molecular formula is C8H8ClN5S2. The van der Waals surface area contributed by atoms with Crippen LogP contribution in [0.1, 0.15) is 6.92 Å². The first kappa shape index (κ1) is 11.6. The van der Waals surface area contributed by atoms with Gasteiger partial charge < -0.3 is 5.32 Å². The molecule has 0 saturated carbocycles. The lowest BCUT2D eigenvalue weighted by Crippen LogP contribution is -2.02. The summed E-state index contributed by atoms with van der Waals surface area (Å²) in [6.45, 7) is 2.75. The summed E-state index contributed by atoms with van der Waals surface area (Å²) in [6, 6.07) is 0. The highest BCUT2D eigenvalue weighted by Crippen LogP contribution is 2.31. The first-order valence-corrected chi connectivity index (χ1v) is 6.47. The van der Waals surface area contributed by atoms with E-state index >= 15 is 0 Å². The zero-order chi connectivity index (χ0) is 11.4. The summed E-state index contributed by atoms with van der Waals surface area (Å²) in [6.07, 6.45) is 3.09. The Hall–Kier alpha value is -0.920. The highest BCUT2D eigenvalue weighted by atomic mass is 35.5. The van der Waals surface area contributed by atoms with Gasteiger partial charge in [0.2, 0.25) is 5.95 Å². The van der Waals surface area contributed by atoms with E-state index in [0.29, 0.717) is 16.0 Å². The fourth-order valence-corrected chi connectivity index (χ4v) is 2.51. The van der Waals surface area contributed by atoms with Crippen LogP contribution in [0.15, 0.2) is 21.9 Å². The molecule has 0 aromatic carbocycles. The lowest BCUT2D eigenvalue weighted by Gasteiger charge is -2.04. The van der Waals surface area contributed by atoms with Gasteiger partial charge in [-0.2, -0.15) is 4.37 Å². The van der Waals surface area contributed by atoms with Gasteiger partial charge >= 0.3 is 0 Å². The minimum absolute atomic E-state index is 0.516. The number of nitrogens with zero attached hydrogens (tertiary/aromatic N) is 4. The van der Waals surface area contributed by atoms with Crippen LogP contribution in [-0.4, -0.2) is 25.9 Å². The van der Waals surface area contributed by atoms with Gasteiger partial charge in [-0.1, -0.05) is 11.6 Å². The van der Waals surface area contributed by atoms with E-state index in [-0.39, 0.29) is 0 Å². The molecular weight excluding hydrogens is 266 g/mol. The van der Waals surface area contributed by atoms with Crippen molar-refractivity contribution in [3.8, 4) is 0 Å². The maximum atomic E-state index is 6.00. The Morgan fingerprint density at radius 3 is 3.06 bits per heavy atom. The number of rotatable bonds is 4. The molecule has 0 radical (unpaired) electrons. The SMILES string of the molecule is CCNc1ncc(Cl)c(Sc2ncns2)n1. The van der Waals surface area contributed by atoms with Crippen LogP contribution < -0.4 is 5.32 Å². The van der Waals surface area contributed by atoms with E-state index in [1.165, 1.54) is 29.6 Å². The summed E-state index contributed by atoms with van der Waals surface area (Å²) in [4.78, 5) is 12.4. The van der Waals surface area contributed by atoms with E-state index in [1.54, 1.807) is 6.20 Å². The maximum absolute atomic E-state index is 6.00. The third-order valence-electron chi connectivity index (χ3n) is 1.57. The molecule has 0 aliphatic rings. The second kappa shape index (κ2) is 5.42. The summed E-state index contributed by atoms with van der Waals surface area (Å²) in [5, 5.41) is 4.23. The van der Waals surface area contributed by atoms with Crippen LogP contribution in [0.3, 0.4) is 0 Å². The van der Waals surface area contributed by atoms with Crippen LogP contribution in [0.25, 0.3) is 0 Å². The zero-order valence-corrected chi connectivity index (χ0v) is 10.7. The Balaban J connectivity index is 2.21. The number of aromatic nitrogens is 4. The first-order chi connectivity index (χ1) is 7.79. The average molecular weight is 274 g/mol. The minimum Gasteiger partial charge on any atom is -0.354 e. The fraction of sp³-hybridized carbons (Fsp3) is 0.250. The van der Waals surface area contributed by atoms with Crippen molar-refractivity contribution in [3.63, 3.8) is 0 Å². The lowest BCUT2D eigenvalue weighted by atomic mass is 10.6. The molecule has 0 fully saturated rings. The van der Waals surface area contributed by atoms with Crippen LogP contribution in [0.2, 0.25) is 5.02 Å². The van der Waals surface area contributed by atoms with Gasteiger partial charge in [0, 0.05) is 6.54 Å². The van der Waals surface area contributed by atoms with E-state index in [9.17, 15) is 0 Å². The standard InChI is InChI=1S/C8H8ClN5S2/c1-2-10-7-11-3-5(9)6(14-7)15-8-12-4-13-16-8/h3-4H,2H2,1H3,(H,10,11,14). The molecule has 1 N–H and O–H groups in total. The van der Waals surface area contributed by atoms with Crippen molar-refractivity contribution < 1.29 is 0 Å². The van der Waals surface area contributed by atoms with E-state index in [1.807, 2.05) is 6.92 Å². The molecule has 2 aromatic heterocycles. The van der Waals surface area contributed by atoms with Crippen LogP contribution in [-0.2, 0) is 0 Å². The first-order valence-electron chi connectivity index (χ1n) is 4.50. The van der Waals surface area contributed by atoms with Gasteiger partial charge in [-0.15, -0.1) is 0 Å². The fourth-order valence-electron chi connectivity index (χ4n) is 0.957. The van der Waals surface area contributed by atoms with Gasteiger partial charge in [-0.3, -0.25) is 0 Å². The summed E-state index contributed by atoms with van der Waals surface area (Å²) in [7, 11) is 0. The summed E-state index contributed by atoms with van der Waals surface area (Å²) < 4.78 is 4.72. The lowest BCUT2D eigenvalue weighted by molar-refractivity contribution is 1.01. The average Bonchev–Trinajstić information content (AvgIpc) is 2.76. The van der Waals surface area contributed by atoms with Crippen molar-refractivity contribution in [1.82, 2.24) is 19.3 Å². The molecule has 16 heavy (non-hydrogen) atoms. The van der Waals surface area contributed by atoms with Crippen LogP contribution in [0.5, 0.6) is 0 Å². The molecule has 8 heteroatoms. The van der Waals surface area contributed by atoms with Crippen molar-refractivity contribution >= 4 is 40.8 Å². The highest BCUT2D eigenvalue weighted by molar-refractivity contribution is 8.01. The molecule has 0 amide bonds. The number of halogens is 1. The quantitative estimate of drug-likeness (QED) is 0.864. The number of nitrogens with one attached hydrogen (secondary N) is 1. The Kier molecular flexibility index (Phi) is 3.92. The minimum atomic E-state index is 0.516. The third kappa shape index (κ3) is 2.81. The zero-order valence-electron chi connectivity index (χ0n) is 8.35. The molecule has 0 aliphatic heterocycles. The molecule has 0 atom stereocenters. The second-order valence-corrected chi connectivity index (χ2v) is 5.11. The second-order valence-electron chi connectivity index (χ2n) is 2.69. The van der Waals surface area contributed by atoms with Crippen molar-refractivity contribution in [2.75, 3.05) is 11.9 Å². The van der Waals surface area contributed by atoms with Crippen molar-refractivity contribution in [2.24, 2.45) is 0 Å². The topological polar surface area (TPSA) is 63.6 Å². The third-order valence-corrected chi connectivity index (χ3v) is 3.68. The van der Waals surface area contributed by atoms with Gasteiger partial charge in [-0.05, 0) is 30.2 Å². The van der Waals surface area contributed by atoms with Gasteiger partial charge in [0.25, 0.3) is 0 Å². The van der Waals surface area contributed by atoms with E-state index in [4.69, 9.17) is 11.6 Å². The molecule has 0 spiro atoms. The van der Waals surface area contributed by atoms with Crippen molar-refractivity contribution in [2.45, 2.75) is 16.3 Å². The van der Waals surface area contributed by atoms with E-state index in [2.05, 4.69) is 24.6 Å². The molecule has 0 saturated heterocycles. The summed E-state index contributed by atoms with van der Waals surface area (Å²) >= 11 is 8.69. The smallest absolute Gasteiger partial charge is 0.223 e. The Morgan fingerprint density at radius 2 is 2.38 bits per heavy atom. The van der Waals surface area contributed by atoms with Crippen molar-refractivity contribution in [1.29, 1.82) is 0 Å². The Morgan fingerprint density at radius 1 is 1.50 bits per heavy atom. The molecule has 2 aromatic rings. The molecule has 2 rings (SSSR count). The number of hydrogen-bond acceptors (Lipinski definition) is 7. The Bertz CT molecular complexity index is 461. The van der Waals surface area contributed by atoms with Gasteiger partial charge in [0.1, 0.15) is 11.4 Å². The predicted octanol–water partition coefficient (Wildman–Crippen LogP) is 2.56. The van der Waals surface area contributed by atoms with Crippen molar-refractivity contribution in [3.05, 3.63) is 17.5 Å². The highest BCUT2D eigenvalue weighted by Gasteiger charge is 2.08. The molecule has 0 unspecified atom stereocenters. The normalized spacial score (nSPS) is 10.4. The molecule has 0 aliphatic carbocycles. The molecule has 0 bridgehead atoms. The van der Waals surface area contributed by atoms with Crippen LogP contribution >= 0.6 is 34.9 Å². The molecule has 2 heterocycles. The molecule has 5 nitrogen and oxygen atoms in total. The van der Waals surface area contributed by atoms with Gasteiger partial charge in [0.15, 0.2) is 4.34 Å². The summed E-state index contributed by atoms with van der Waals surface area (Å²) in [5.41, 5.74) is 0. The van der Waals surface area contributed by atoms with E-state index in [0.717, 1.165) is 10.9 Å². The van der Waals surface area contributed by atoms with Gasteiger partial charge in [0.05, 0.1) is 11.2 Å². The number of hydrogen-bond donors (Lipinski definition) is 1. The summed E-state index contributed by atoms with van der Waals surface area (Å²) in [5.74, 6) is 0.568. The maximum Gasteiger partial charge on any atom is 0.223 e. The number of anilines is 1. The Labute approximate surface area is 106 Å². The van der Waals surface area contributed by atoms with Crippen LogP contribution in [0.4, 0.5) is 5.95 Å². The largest absolute Gasteiger partial charge is 0.354 e. The van der Waals surface area contributed by atoms with Crippen LogP contribution in [0, 0.1) is 0 Å². The predicted molar refractivity (Wildman–Crippen MR) is 65.2 cm³/mol.